The van der Waals surface area contributed by atoms with Gasteiger partial charge in [0.15, 0.2) is 0 Å². The molecule has 0 saturated heterocycles. The molecule has 0 spiro atoms. The average Bonchev–Trinajstić information content (AvgIpc) is 2.63. The van der Waals surface area contributed by atoms with Crippen molar-refractivity contribution < 1.29 is 28.6 Å². The van der Waals surface area contributed by atoms with Gasteiger partial charge < -0.3 is 24.0 Å². The molecule has 2 aliphatic rings. The molecular weight excluding hydrogens is 421 g/mol. The summed E-state index contributed by atoms with van der Waals surface area (Å²) in [5.41, 5.74) is 2.83. The molecule has 2 heterocycles. The van der Waals surface area contributed by atoms with Crippen molar-refractivity contribution in [1.29, 1.82) is 0 Å². The molecule has 25 heavy (non-hydrogen) atoms. The smallest absolute Gasteiger partial charge is 0.346 e. The second kappa shape index (κ2) is 8.70. The lowest BCUT2D eigenvalue weighted by Gasteiger charge is -2.31. The van der Waals surface area contributed by atoms with Gasteiger partial charge in [-0.2, -0.15) is 0 Å². The van der Waals surface area contributed by atoms with Crippen molar-refractivity contribution in [3.63, 3.8) is 0 Å². The zero-order chi connectivity index (χ0) is 16.2. The van der Waals surface area contributed by atoms with Crippen LogP contribution in [0.4, 0.5) is 0 Å². The highest BCUT2D eigenvalue weighted by Crippen LogP contribution is 2.13. The molecule has 2 aromatic rings. The van der Waals surface area contributed by atoms with E-state index >= 15 is 0 Å². The Kier molecular flexibility index (Phi) is 6.34. The summed E-state index contributed by atoms with van der Waals surface area (Å²) in [4.78, 5) is 0. The van der Waals surface area contributed by atoms with Gasteiger partial charge in [-0.15, -0.1) is 0 Å². The largest absolute Gasteiger partial charge is 1.00 e. The Hall–Kier alpha value is -1.56. The minimum absolute atomic E-state index is 0. The predicted octanol–water partition coefficient (Wildman–Crippen LogP) is -0.432. The molecule has 0 amide bonds. The first-order chi connectivity index (χ1) is 11.9. The van der Waals surface area contributed by atoms with E-state index in [0.29, 0.717) is 12.1 Å². The minimum Gasteiger partial charge on any atom is -1.00 e. The fourth-order valence-electron chi connectivity index (χ4n) is 3.82. The van der Waals surface area contributed by atoms with Crippen molar-refractivity contribution in [2.24, 2.45) is 0 Å². The summed E-state index contributed by atoms with van der Waals surface area (Å²) in [6, 6.07) is 22.7. The third-order valence-electron chi connectivity index (χ3n) is 5.14. The molecule has 2 N–H and O–H groups in total. The zero-order valence-electron chi connectivity index (χ0n) is 14.5. The number of rotatable bonds is 4. The quantitative estimate of drug-likeness (QED) is 0.492. The van der Waals surface area contributed by atoms with E-state index in [2.05, 4.69) is 75.9 Å². The highest BCUT2D eigenvalue weighted by atomic mass is 127. The van der Waals surface area contributed by atoms with Crippen LogP contribution in [0.5, 0.6) is 0 Å². The van der Waals surface area contributed by atoms with Gasteiger partial charge in [0.05, 0.1) is 25.2 Å². The molecule has 2 aliphatic heterocycles. The molecule has 0 bridgehead atoms. The Balaban J connectivity index is 0.00000182. The number of hydrogen-bond acceptors (Lipinski definition) is 2. The zero-order valence-corrected chi connectivity index (χ0v) is 16.7. The molecule has 0 saturated carbocycles. The van der Waals surface area contributed by atoms with E-state index in [-0.39, 0.29) is 24.0 Å². The molecule has 4 rings (SSSR count). The Morgan fingerprint density at radius 1 is 0.720 bits per heavy atom. The topological polar surface area (TPSA) is 27.1 Å². The van der Waals surface area contributed by atoms with Crippen molar-refractivity contribution in [2.45, 2.75) is 37.8 Å². The normalized spacial score (nSPS) is 22.2. The van der Waals surface area contributed by atoms with Crippen molar-refractivity contribution in [3.05, 3.63) is 71.8 Å². The van der Waals surface area contributed by atoms with E-state index in [1.165, 1.54) is 29.9 Å². The Morgan fingerprint density at radius 3 is 1.60 bits per heavy atom. The van der Waals surface area contributed by atoms with Crippen molar-refractivity contribution in [2.75, 3.05) is 13.1 Å². The molecule has 0 radical (unpaired) electrons. The van der Waals surface area contributed by atoms with Gasteiger partial charge in [-0.1, -0.05) is 60.7 Å². The van der Waals surface area contributed by atoms with E-state index < -0.39 is 0 Å². The molecule has 132 valence electrons. The first-order valence-corrected chi connectivity index (χ1v) is 9.09. The maximum Gasteiger partial charge on any atom is 0.346 e. The Labute approximate surface area is 167 Å². The van der Waals surface area contributed by atoms with Crippen LogP contribution in [0.2, 0.25) is 0 Å². The van der Waals surface area contributed by atoms with Crippen LogP contribution in [0.1, 0.15) is 24.0 Å². The van der Waals surface area contributed by atoms with Gasteiger partial charge in [-0.25, -0.2) is 0 Å². The average molecular weight is 447 g/mol. The van der Waals surface area contributed by atoms with E-state index in [1.807, 2.05) is 0 Å². The van der Waals surface area contributed by atoms with Crippen LogP contribution in [0.25, 0.3) is 0 Å². The first kappa shape index (κ1) is 18.2. The van der Waals surface area contributed by atoms with Gasteiger partial charge >= 0.3 is 5.96 Å². The molecular formula is C21H26IN3. The molecule has 2 aromatic carbocycles. The number of benzene rings is 2. The van der Waals surface area contributed by atoms with E-state index in [9.17, 15) is 0 Å². The number of hydrogen-bond donors (Lipinski definition) is 2. The third kappa shape index (κ3) is 4.75. The predicted molar refractivity (Wildman–Crippen MR) is 98.4 cm³/mol. The molecule has 2 atom stereocenters. The van der Waals surface area contributed by atoms with E-state index in [0.717, 1.165) is 25.9 Å². The van der Waals surface area contributed by atoms with Gasteiger partial charge in [0, 0.05) is 25.7 Å². The summed E-state index contributed by atoms with van der Waals surface area (Å²) < 4.78 is 2.48. The molecule has 0 aliphatic carbocycles. The molecule has 3 nitrogen and oxygen atoms in total. The summed E-state index contributed by atoms with van der Waals surface area (Å²) in [5.74, 6) is 1.24. The van der Waals surface area contributed by atoms with Crippen LogP contribution < -0.4 is 34.6 Å². The summed E-state index contributed by atoms with van der Waals surface area (Å²) in [6.45, 7) is 2.32. The molecule has 0 unspecified atom stereocenters. The van der Waals surface area contributed by atoms with Gasteiger partial charge in [-0.05, 0) is 11.1 Å². The SMILES string of the molecule is [I-].c1ccc(C[C@H]2CC[N+]3=C(N2)N[C@@H](Cc2ccccc2)CC3)cc1. The fourth-order valence-corrected chi connectivity index (χ4v) is 3.82. The van der Waals surface area contributed by atoms with E-state index in [4.69, 9.17) is 0 Å². The van der Waals surface area contributed by atoms with Gasteiger partial charge in [0.25, 0.3) is 0 Å². The Morgan fingerprint density at radius 2 is 1.16 bits per heavy atom. The monoisotopic (exact) mass is 447 g/mol. The lowest BCUT2D eigenvalue weighted by molar-refractivity contribution is -0.542. The first-order valence-electron chi connectivity index (χ1n) is 9.09. The number of nitrogens with zero attached hydrogens (tertiary/aromatic N) is 1. The fraction of sp³-hybridized carbons (Fsp3) is 0.381. The van der Waals surface area contributed by atoms with Crippen LogP contribution in [0, 0.1) is 0 Å². The number of guanidine groups is 1. The Bertz CT molecular complexity index is 640. The molecule has 0 fully saturated rings. The van der Waals surface area contributed by atoms with Gasteiger partial charge in [-0.3, -0.25) is 15.2 Å². The van der Waals surface area contributed by atoms with Crippen LogP contribution in [0.15, 0.2) is 60.7 Å². The summed E-state index contributed by atoms with van der Waals surface area (Å²) in [6.07, 6.45) is 4.62. The van der Waals surface area contributed by atoms with Crippen LogP contribution >= 0.6 is 0 Å². The summed E-state index contributed by atoms with van der Waals surface area (Å²) in [5, 5.41) is 7.50. The number of nitrogens with one attached hydrogen (secondary N) is 2. The van der Waals surface area contributed by atoms with Crippen molar-refractivity contribution in [3.8, 4) is 0 Å². The van der Waals surface area contributed by atoms with Gasteiger partial charge in [0.1, 0.15) is 0 Å². The van der Waals surface area contributed by atoms with Crippen LogP contribution in [0.3, 0.4) is 0 Å². The van der Waals surface area contributed by atoms with Crippen molar-refractivity contribution in [1.82, 2.24) is 10.6 Å². The second-order valence-corrected chi connectivity index (χ2v) is 6.97. The molecule has 0 aromatic heterocycles. The summed E-state index contributed by atoms with van der Waals surface area (Å²) in [7, 11) is 0. The van der Waals surface area contributed by atoms with Crippen LogP contribution in [-0.2, 0) is 12.8 Å². The lowest BCUT2D eigenvalue weighted by atomic mass is 9.99. The van der Waals surface area contributed by atoms with Gasteiger partial charge in [0.2, 0.25) is 0 Å². The van der Waals surface area contributed by atoms with Crippen LogP contribution in [-0.4, -0.2) is 35.7 Å². The second-order valence-electron chi connectivity index (χ2n) is 6.97. The summed E-state index contributed by atoms with van der Waals surface area (Å²) >= 11 is 0. The minimum atomic E-state index is 0. The van der Waals surface area contributed by atoms with E-state index in [1.54, 1.807) is 0 Å². The maximum absolute atomic E-state index is 3.75. The highest BCUT2D eigenvalue weighted by Gasteiger charge is 2.31. The maximum atomic E-state index is 3.75. The third-order valence-corrected chi connectivity index (χ3v) is 5.14. The van der Waals surface area contributed by atoms with Crippen molar-refractivity contribution >= 4 is 5.96 Å². The standard InChI is InChI=1S/C21H25N3.HI/c1-3-7-17(8-4-1)15-19-11-13-24-14-12-20(23-21(24)22-19)16-18-9-5-2-6-10-18;/h1-10,19-20H,11-16H2,(H,22,23);1H/t19-,20-;/m1./s1. The number of halogens is 1. The lowest BCUT2D eigenvalue weighted by Crippen LogP contribution is -3.00. The highest BCUT2D eigenvalue weighted by molar-refractivity contribution is 5.76. The molecule has 4 heteroatoms.